The van der Waals surface area contributed by atoms with Crippen molar-refractivity contribution in [2.45, 2.75) is 43.7 Å². The predicted molar refractivity (Wildman–Crippen MR) is 81.8 cm³/mol. The molecule has 2 aliphatic rings. The minimum Gasteiger partial charge on any atom is -0.497 e. The third-order valence-electron chi connectivity index (χ3n) is 5.17. The second-order valence-corrected chi connectivity index (χ2v) is 6.25. The molecule has 0 unspecified atom stereocenters. The Morgan fingerprint density at radius 1 is 1.19 bits per heavy atom. The van der Waals surface area contributed by atoms with Gasteiger partial charge < -0.3 is 19.9 Å². The largest absolute Gasteiger partial charge is 0.497 e. The van der Waals surface area contributed by atoms with Gasteiger partial charge in [-0.15, -0.1) is 0 Å². The number of piperidine rings is 1. The Kier molecular flexibility index (Phi) is 4.09. The lowest BCUT2D eigenvalue weighted by molar-refractivity contribution is -0.0863. The van der Waals surface area contributed by atoms with Gasteiger partial charge in [0.2, 0.25) is 0 Å². The van der Waals surface area contributed by atoms with Crippen molar-refractivity contribution < 1.29 is 14.6 Å². The second-order valence-electron chi connectivity index (χ2n) is 6.25. The van der Waals surface area contributed by atoms with Crippen LogP contribution in [0.15, 0.2) is 18.2 Å². The number of aliphatic hydroxyl groups is 1. The van der Waals surface area contributed by atoms with Gasteiger partial charge in [-0.1, -0.05) is 18.9 Å². The first-order valence-corrected chi connectivity index (χ1v) is 7.85. The Labute approximate surface area is 126 Å². The van der Waals surface area contributed by atoms with E-state index in [0.717, 1.165) is 49.3 Å². The average Bonchev–Trinajstić information content (AvgIpc) is 2.53. The lowest BCUT2D eigenvalue weighted by Crippen LogP contribution is -2.53. The monoisotopic (exact) mass is 291 g/mol. The summed E-state index contributed by atoms with van der Waals surface area (Å²) >= 11 is 0. The van der Waals surface area contributed by atoms with E-state index in [2.05, 4.69) is 11.4 Å². The van der Waals surface area contributed by atoms with Gasteiger partial charge in [0.05, 0.1) is 19.8 Å². The van der Waals surface area contributed by atoms with Crippen molar-refractivity contribution >= 4 is 0 Å². The number of ether oxygens (including phenoxy) is 2. The maximum atomic E-state index is 11.0. The Balaban J connectivity index is 1.95. The molecule has 1 aromatic rings. The van der Waals surface area contributed by atoms with Crippen LogP contribution in [0, 0.1) is 5.92 Å². The highest BCUT2D eigenvalue weighted by molar-refractivity contribution is 5.43. The van der Waals surface area contributed by atoms with E-state index < -0.39 is 5.60 Å². The van der Waals surface area contributed by atoms with Crippen molar-refractivity contribution in [3.63, 3.8) is 0 Å². The zero-order valence-electron chi connectivity index (χ0n) is 12.9. The topological polar surface area (TPSA) is 50.7 Å². The van der Waals surface area contributed by atoms with Crippen LogP contribution in [0.3, 0.4) is 0 Å². The summed E-state index contributed by atoms with van der Waals surface area (Å²) in [5.74, 6) is 1.90. The summed E-state index contributed by atoms with van der Waals surface area (Å²) in [6.45, 7) is 0.854. The van der Waals surface area contributed by atoms with Gasteiger partial charge in [0.25, 0.3) is 0 Å². The van der Waals surface area contributed by atoms with Gasteiger partial charge in [-0.25, -0.2) is 0 Å². The van der Waals surface area contributed by atoms with Crippen molar-refractivity contribution in [2.24, 2.45) is 5.92 Å². The molecule has 0 aromatic heterocycles. The zero-order valence-corrected chi connectivity index (χ0v) is 12.9. The minimum atomic E-state index is -0.515. The van der Waals surface area contributed by atoms with Crippen LogP contribution in [-0.4, -0.2) is 31.5 Å². The van der Waals surface area contributed by atoms with Crippen molar-refractivity contribution in [3.05, 3.63) is 23.8 Å². The van der Waals surface area contributed by atoms with Gasteiger partial charge in [0, 0.05) is 23.6 Å². The van der Waals surface area contributed by atoms with Gasteiger partial charge in [0.1, 0.15) is 11.5 Å². The predicted octanol–water partition coefficient (Wildman–Crippen LogP) is 2.66. The maximum Gasteiger partial charge on any atom is 0.127 e. The fraction of sp³-hybridized carbons (Fsp3) is 0.647. The number of hydrogen-bond donors (Lipinski definition) is 2. The molecule has 0 radical (unpaired) electrons. The molecule has 1 heterocycles. The van der Waals surface area contributed by atoms with E-state index >= 15 is 0 Å². The third kappa shape index (κ3) is 2.62. The summed E-state index contributed by atoms with van der Waals surface area (Å²) in [4.78, 5) is 0. The van der Waals surface area contributed by atoms with Crippen molar-refractivity contribution in [3.8, 4) is 11.5 Å². The number of hydrogen-bond acceptors (Lipinski definition) is 4. The standard InChI is InChI=1S/C17H25NO3/c1-20-12-6-7-13(15(11-12)21-2)16-14-5-3-4-8-17(14,19)9-10-18-16/h6-7,11,14,16,18-19H,3-5,8-10H2,1-2H3/t14-,16+,17+/m0/s1. The molecular formula is C17H25NO3. The summed E-state index contributed by atoms with van der Waals surface area (Å²) in [7, 11) is 3.35. The van der Waals surface area contributed by atoms with Crippen LogP contribution in [0.1, 0.15) is 43.7 Å². The minimum absolute atomic E-state index is 0.157. The number of nitrogens with one attached hydrogen (secondary N) is 1. The van der Waals surface area contributed by atoms with Gasteiger partial charge >= 0.3 is 0 Å². The quantitative estimate of drug-likeness (QED) is 0.899. The van der Waals surface area contributed by atoms with Crippen LogP contribution in [0.25, 0.3) is 0 Å². The molecule has 1 aromatic carbocycles. The molecule has 1 aliphatic heterocycles. The first kappa shape index (κ1) is 14.7. The third-order valence-corrected chi connectivity index (χ3v) is 5.17. The number of benzene rings is 1. The average molecular weight is 291 g/mol. The van der Waals surface area contributed by atoms with Crippen LogP contribution in [-0.2, 0) is 0 Å². The Morgan fingerprint density at radius 3 is 2.81 bits per heavy atom. The van der Waals surface area contributed by atoms with E-state index in [1.807, 2.05) is 12.1 Å². The van der Waals surface area contributed by atoms with Crippen LogP contribution in [0.4, 0.5) is 0 Å². The van der Waals surface area contributed by atoms with Gasteiger partial charge in [-0.05, 0) is 31.9 Å². The smallest absolute Gasteiger partial charge is 0.127 e. The van der Waals surface area contributed by atoms with E-state index in [0.29, 0.717) is 0 Å². The molecule has 116 valence electrons. The molecule has 0 amide bonds. The van der Waals surface area contributed by atoms with Crippen LogP contribution in [0.5, 0.6) is 11.5 Å². The second kappa shape index (κ2) is 5.85. The summed E-state index contributed by atoms with van der Waals surface area (Å²) in [5.41, 5.74) is 0.613. The molecule has 1 saturated heterocycles. The fourth-order valence-corrected chi connectivity index (χ4v) is 4.03. The molecule has 0 spiro atoms. The number of fused-ring (bicyclic) bond motifs is 1. The molecule has 4 heteroatoms. The molecule has 1 saturated carbocycles. The van der Waals surface area contributed by atoms with Crippen molar-refractivity contribution in [2.75, 3.05) is 20.8 Å². The molecule has 0 bridgehead atoms. The highest BCUT2D eigenvalue weighted by Gasteiger charge is 2.46. The summed E-state index contributed by atoms with van der Waals surface area (Å²) in [5, 5.41) is 14.6. The molecule has 2 N–H and O–H groups in total. The zero-order chi connectivity index (χ0) is 14.9. The Morgan fingerprint density at radius 2 is 2.05 bits per heavy atom. The number of methoxy groups -OCH3 is 2. The van der Waals surface area contributed by atoms with E-state index in [1.54, 1.807) is 14.2 Å². The lowest BCUT2D eigenvalue weighted by atomic mass is 9.66. The van der Waals surface area contributed by atoms with Gasteiger partial charge in [-0.2, -0.15) is 0 Å². The molecule has 3 rings (SSSR count). The van der Waals surface area contributed by atoms with Crippen LogP contribution >= 0.6 is 0 Å². The van der Waals surface area contributed by atoms with Crippen molar-refractivity contribution in [1.82, 2.24) is 5.32 Å². The SMILES string of the molecule is COc1ccc([C@H]2NCC[C@]3(O)CCCC[C@@H]23)c(OC)c1. The van der Waals surface area contributed by atoms with Crippen molar-refractivity contribution in [1.29, 1.82) is 0 Å². The van der Waals surface area contributed by atoms with Crippen LogP contribution < -0.4 is 14.8 Å². The van der Waals surface area contributed by atoms with Gasteiger partial charge in [0.15, 0.2) is 0 Å². The van der Waals surface area contributed by atoms with E-state index in [1.165, 1.54) is 6.42 Å². The normalized spacial score (nSPS) is 32.3. The molecule has 21 heavy (non-hydrogen) atoms. The highest BCUT2D eigenvalue weighted by atomic mass is 16.5. The fourth-order valence-electron chi connectivity index (χ4n) is 4.03. The lowest BCUT2D eigenvalue weighted by Gasteiger charge is -2.48. The molecule has 3 atom stereocenters. The summed E-state index contributed by atoms with van der Waals surface area (Å²) in [6, 6.07) is 6.11. The Bertz CT molecular complexity index is 501. The van der Waals surface area contributed by atoms with Gasteiger partial charge in [-0.3, -0.25) is 0 Å². The Hall–Kier alpha value is -1.26. The molecule has 1 aliphatic carbocycles. The summed E-state index contributed by atoms with van der Waals surface area (Å²) in [6.07, 6.45) is 5.19. The first-order valence-electron chi connectivity index (χ1n) is 7.85. The van der Waals surface area contributed by atoms with Crippen LogP contribution in [0.2, 0.25) is 0 Å². The van der Waals surface area contributed by atoms with E-state index in [-0.39, 0.29) is 12.0 Å². The van der Waals surface area contributed by atoms with E-state index in [9.17, 15) is 5.11 Å². The molecule has 4 nitrogen and oxygen atoms in total. The summed E-state index contributed by atoms with van der Waals surface area (Å²) < 4.78 is 10.8. The maximum absolute atomic E-state index is 11.0. The van der Waals surface area contributed by atoms with E-state index in [4.69, 9.17) is 9.47 Å². The molecule has 2 fully saturated rings. The highest BCUT2D eigenvalue weighted by Crippen LogP contribution is 2.47. The first-order chi connectivity index (χ1) is 10.2. The number of rotatable bonds is 3. The molecular weight excluding hydrogens is 266 g/mol.